The van der Waals surface area contributed by atoms with E-state index in [1.165, 1.54) is 32.7 Å². The fourth-order valence-electron chi connectivity index (χ4n) is 3.06. The molecular weight excluding hydrogens is 392 g/mol. The molecule has 8 heteroatoms. The Morgan fingerprint density at radius 1 is 1.00 bits per heavy atom. The molecule has 0 aliphatic rings. The second kappa shape index (κ2) is 9.00. The van der Waals surface area contributed by atoms with Gasteiger partial charge in [-0.05, 0) is 36.8 Å². The van der Waals surface area contributed by atoms with Gasteiger partial charge >= 0.3 is 0 Å². The lowest BCUT2D eigenvalue weighted by Gasteiger charge is -2.12. The zero-order valence-corrected chi connectivity index (χ0v) is 18.0. The highest BCUT2D eigenvalue weighted by atomic mass is 32.1. The smallest absolute Gasteiger partial charge is 0.279 e. The number of aryl methyl sites for hydroxylation is 1. The Morgan fingerprint density at radius 3 is 2.24 bits per heavy atom. The summed E-state index contributed by atoms with van der Waals surface area (Å²) in [5.74, 6) is 1.64. The van der Waals surface area contributed by atoms with Gasteiger partial charge in [0, 0.05) is 12.1 Å². The molecule has 154 valence electrons. The summed E-state index contributed by atoms with van der Waals surface area (Å²) in [6.45, 7) is 2.85. The number of methoxy groups -OCH3 is 4. The molecule has 3 aromatic rings. The number of nitrogens with zero attached hydrogens (tertiary/aromatic N) is 2. The Balaban J connectivity index is 2.13. The third-order valence-corrected chi connectivity index (χ3v) is 5.49. The van der Waals surface area contributed by atoms with Crippen LogP contribution in [0.25, 0.3) is 10.2 Å². The number of carbonyl (C=O) groups excluding carboxylic acids is 1. The summed E-state index contributed by atoms with van der Waals surface area (Å²) >= 11 is 1.45. The summed E-state index contributed by atoms with van der Waals surface area (Å²) < 4.78 is 24.4. The van der Waals surface area contributed by atoms with E-state index < -0.39 is 0 Å². The second-order valence-electron chi connectivity index (χ2n) is 6.20. The number of benzene rings is 2. The second-order valence-corrected chi connectivity index (χ2v) is 7.21. The molecule has 0 aliphatic heterocycles. The quantitative estimate of drug-likeness (QED) is 0.584. The molecule has 0 saturated heterocycles. The summed E-state index contributed by atoms with van der Waals surface area (Å²) in [7, 11) is 6.17. The number of amides is 1. The molecule has 1 heterocycles. The number of hydrogen-bond donors (Lipinski definition) is 0. The number of thiazole rings is 1. The maximum atomic E-state index is 13.0. The summed E-state index contributed by atoms with van der Waals surface area (Å²) in [4.78, 5) is 18.0. The van der Waals surface area contributed by atoms with Crippen molar-refractivity contribution in [3.63, 3.8) is 0 Å². The Hall–Kier alpha value is -3.00. The fraction of sp³-hybridized carbons (Fsp3) is 0.333. The molecule has 0 bridgehead atoms. The first-order valence-corrected chi connectivity index (χ1v) is 9.94. The molecule has 3 rings (SSSR count). The van der Waals surface area contributed by atoms with Crippen molar-refractivity contribution in [2.24, 2.45) is 4.99 Å². The molecule has 1 aromatic heterocycles. The number of carbonyl (C=O) groups is 1. The highest BCUT2D eigenvalue weighted by Crippen LogP contribution is 2.38. The van der Waals surface area contributed by atoms with E-state index in [0.717, 1.165) is 28.9 Å². The molecule has 7 nitrogen and oxygen atoms in total. The van der Waals surface area contributed by atoms with Crippen molar-refractivity contribution < 1.29 is 23.7 Å². The predicted octanol–water partition coefficient (Wildman–Crippen LogP) is 3.89. The first-order chi connectivity index (χ1) is 14.1. The van der Waals surface area contributed by atoms with Crippen molar-refractivity contribution in [3.05, 3.63) is 40.7 Å². The van der Waals surface area contributed by atoms with Gasteiger partial charge in [-0.25, -0.2) is 0 Å². The number of aromatic nitrogens is 1. The maximum Gasteiger partial charge on any atom is 0.279 e. The van der Waals surface area contributed by atoms with E-state index in [0.29, 0.717) is 27.6 Å². The van der Waals surface area contributed by atoms with E-state index in [-0.39, 0.29) is 5.91 Å². The number of fused-ring (bicyclic) bond motifs is 1. The summed E-state index contributed by atoms with van der Waals surface area (Å²) in [6.07, 6.45) is 0.920. The van der Waals surface area contributed by atoms with Gasteiger partial charge in [0.25, 0.3) is 5.91 Å². The van der Waals surface area contributed by atoms with E-state index in [9.17, 15) is 4.79 Å². The van der Waals surface area contributed by atoms with Crippen LogP contribution in [-0.4, -0.2) is 38.9 Å². The zero-order chi connectivity index (χ0) is 21.0. The fourth-order valence-corrected chi connectivity index (χ4v) is 4.14. The van der Waals surface area contributed by atoms with Crippen LogP contribution in [0, 0.1) is 0 Å². The van der Waals surface area contributed by atoms with Gasteiger partial charge in [-0.3, -0.25) is 4.79 Å². The molecule has 2 aromatic carbocycles. The van der Waals surface area contributed by atoms with Crippen molar-refractivity contribution >= 4 is 27.5 Å². The molecule has 29 heavy (non-hydrogen) atoms. The van der Waals surface area contributed by atoms with Crippen LogP contribution in [-0.2, 0) is 6.54 Å². The average Bonchev–Trinajstić information content (AvgIpc) is 3.08. The summed E-state index contributed by atoms with van der Waals surface area (Å²) in [5.41, 5.74) is 1.38. The molecule has 1 amide bonds. The van der Waals surface area contributed by atoms with Crippen LogP contribution in [0.15, 0.2) is 35.3 Å². The van der Waals surface area contributed by atoms with Crippen LogP contribution in [0.4, 0.5) is 0 Å². The van der Waals surface area contributed by atoms with Gasteiger partial charge in [-0.2, -0.15) is 4.99 Å². The third kappa shape index (κ3) is 4.07. The lowest BCUT2D eigenvalue weighted by molar-refractivity contribution is 0.0997. The van der Waals surface area contributed by atoms with Gasteiger partial charge in [-0.15, -0.1) is 0 Å². The van der Waals surface area contributed by atoms with E-state index in [4.69, 9.17) is 18.9 Å². The highest BCUT2D eigenvalue weighted by Gasteiger charge is 2.17. The number of hydrogen-bond acceptors (Lipinski definition) is 6. The van der Waals surface area contributed by atoms with Crippen molar-refractivity contribution in [2.45, 2.75) is 19.9 Å². The molecule has 0 fully saturated rings. The van der Waals surface area contributed by atoms with E-state index in [1.54, 1.807) is 19.2 Å². The van der Waals surface area contributed by atoms with Crippen molar-refractivity contribution in [3.8, 4) is 23.0 Å². The molecule has 0 saturated carbocycles. The normalized spacial score (nSPS) is 11.6. The lowest BCUT2D eigenvalue weighted by Crippen LogP contribution is -2.17. The third-order valence-electron chi connectivity index (χ3n) is 4.45. The Morgan fingerprint density at radius 2 is 1.69 bits per heavy atom. The van der Waals surface area contributed by atoms with Gasteiger partial charge in [0.15, 0.2) is 16.3 Å². The van der Waals surface area contributed by atoms with Crippen molar-refractivity contribution in [2.75, 3.05) is 28.4 Å². The molecule has 0 unspecified atom stereocenters. The SMILES string of the molecule is CCCn1c(=NC(=O)c2cc(OC)c(OC)c(OC)c2)sc2cc(OC)ccc21. The standard InChI is InChI=1S/C21H24N2O5S/c1-6-9-23-15-8-7-14(25-2)12-18(15)29-21(23)22-20(24)13-10-16(26-3)19(28-5)17(11-13)27-4/h7-8,10-12H,6,9H2,1-5H3. The Labute approximate surface area is 173 Å². The predicted molar refractivity (Wildman–Crippen MR) is 113 cm³/mol. The minimum absolute atomic E-state index is 0.359. The van der Waals surface area contributed by atoms with Crippen LogP contribution in [0.5, 0.6) is 23.0 Å². The largest absolute Gasteiger partial charge is 0.497 e. The average molecular weight is 416 g/mol. The Bertz CT molecular complexity index is 1080. The highest BCUT2D eigenvalue weighted by molar-refractivity contribution is 7.16. The first-order valence-electron chi connectivity index (χ1n) is 9.12. The van der Waals surface area contributed by atoms with Gasteiger partial charge in [0.2, 0.25) is 5.75 Å². The minimum atomic E-state index is -0.382. The van der Waals surface area contributed by atoms with E-state index >= 15 is 0 Å². The van der Waals surface area contributed by atoms with Crippen molar-refractivity contribution in [1.82, 2.24) is 4.57 Å². The van der Waals surface area contributed by atoms with Crippen LogP contribution < -0.4 is 23.7 Å². The zero-order valence-electron chi connectivity index (χ0n) is 17.1. The van der Waals surface area contributed by atoms with Crippen molar-refractivity contribution in [1.29, 1.82) is 0 Å². The van der Waals surface area contributed by atoms with E-state index in [1.807, 2.05) is 18.2 Å². The molecule has 0 N–H and O–H groups in total. The number of rotatable bonds is 7. The van der Waals surface area contributed by atoms with Crippen LogP contribution in [0.2, 0.25) is 0 Å². The topological polar surface area (TPSA) is 71.3 Å². The van der Waals surface area contributed by atoms with Crippen LogP contribution >= 0.6 is 11.3 Å². The summed E-state index contributed by atoms with van der Waals surface area (Å²) in [6, 6.07) is 9.06. The number of ether oxygens (including phenoxy) is 4. The van der Waals surface area contributed by atoms with Gasteiger partial charge < -0.3 is 23.5 Å². The van der Waals surface area contributed by atoms with Crippen LogP contribution in [0.1, 0.15) is 23.7 Å². The molecule has 0 atom stereocenters. The Kier molecular flexibility index (Phi) is 6.43. The lowest BCUT2D eigenvalue weighted by atomic mass is 10.1. The van der Waals surface area contributed by atoms with E-state index in [2.05, 4.69) is 16.5 Å². The molecule has 0 aliphatic carbocycles. The molecule has 0 radical (unpaired) electrons. The monoisotopic (exact) mass is 416 g/mol. The molecular formula is C21H24N2O5S. The van der Waals surface area contributed by atoms with Gasteiger partial charge in [-0.1, -0.05) is 18.3 Å². The maximum absolute atomic E-state index is 13.0. The summed E-state index contributed by atoms with van der Waals surface area (Å²) in [5, 5.41) is 0. The minimum Gasteiger partial charge on any atom is -0.497 e. The van der Waals surface area contributed by atoms with Gasteiger partial charge in [0.1, 0.15) is 5.75 Å². The first kappa shape index (κ1) is 20.7. The van der Waals surface area contributed by atoms with Crippen LogP contribution in [0.3, 0.4) is 0 Å². The van der Waals surface area contributed by atoms with Gasteiger partial charge in [0.05, 0.1) is 38.7 Å². The molecule has 0 spiro atoms.